The molecule has 0 unspecified atom stereocenters. The van der Waals surface area contributed by atoms with Crippen molar-refractivity contribution >= 4 is 5.69 Å². The van der Waals surface area contributed by atoms with Gasteiger partial charge in [0.05, 0.1) is 11.4 Å². The van der Waals surface area contributed by atoms with Gasteiger partial charge in [0.25, 0.3) is 0 Å². The van der Waals surface area contributed by atoms with E-state index in [1.807, 2.05) is 0 Å². The average Bonchev–Trinajstić information content (AvgIpc) is 2.93. The van der Waals surface area contributed by atoms with Crippen LogP contribution in [0, 0.1) is 0 Å². The van der Waals surface area contributed by atoms with Crippen molar-refractivity contribution in [2.75, 3.05) is 5.73 Å². The van der Waals surface area contributed by atoms with Crippen molar-refractivity contribution < 1.29 is 0 Å². The Morgan fingerprint density at radius 2 is 1.80 bits per heavy atom. The second-order valence-electron chi connectivity index (χ2n) is 5.00. The maximum atomic E-state index is 6.07. The zero-order chi connectivity index (χ0) is 10.3. The molecule has 0 atom stereocenters. The average molecular weight is 202 g/mol. The van der Waals surface area contributed by atoms with E-state index in [-0.39, 0.29) is 0 Å². The molecule has 0 amide bonds. The van der Waals surface area contributed by atoms with Crippen molar-refractivity contribution in [2.45, 2.75) is 50.4 Å². The fourth-order valence-corrected chi connectivity index (χ4v) is 2.69. The highest BCUT2D eigenvalue weighted by molar-refractivity contribution is 5.48. The molecule has 1 aromatic heterocycles. The first-order chi connectivity index (χ1) is 7.34. The van der Waals surface area contributed by atoms with E-state index in [2.05, 4.69) is 17.2 Å². The Labute approximate surface area is 90.9 Å². The van der Waals surface area contributed by atoms with Crippen LogP contribution < -0.4 is 5.73 Å². The predicted octanol–water partition coefficient (Wildman–Crippen LogP) is 3.20. The summed E-state index contributed by atoms with van der Waals surface area (Å²) in [6, 6.07) is 2.18. The molecule has 0 saturated heterocycles. The molecule has 2 nitrogen and oxygen atoms in total. The Bertz CT molecular complexity index is 363. The van der Waals surface area contributed by atoms with Crippen molar-refractivity contribution in [1.82, 2.24) is 4.98 Å². The Kier molecular flexibility index (Phi) is 2.15. The molecule has 0 aliphatic heterocycles. The van der Waals surface area contributed by atoms with Crippen LogP contribution in [0.15, 0.2) is 12.3 Å². The number of rotatable bonds is 2. The summed E-state index contributed by atoms with van der Waals surface area (Å²) >= 11 is 0. The van der Waals surface area contributed by atoms with E-state index in [0.717, 1.165) is 17.3 Å². The van der Waals surface area contributed by atoms with Crippen molar-refractivity contribution in [3.8, 4) is 0 Å². The van der Waals surface area contributed by atoms with Gasteiger partial charge < -0.3 is 5.73 Å². The first kappa shape index (κ1) is 9.20. The number of nitrogens with zero attached hydrogens (tertiary/aromatic N) is 1. The Morgan fingerprint density at radius 3 is 2.40 bits per heavy atom. The van der Waals surface area contributed by atoms with Gasteiger partial charge in [0.15, 0.2) is 0 Å². The summed E-state index contributed by atoms with van der Waals surface area (Å²) in [6.07, 6.45) is 10.0. The molecule has 2 fully saturated rings. The highest BCUT2D eigenvalue weighted by atomic mass is 14.8. The van der Waals surface area contributed by atoms with Crippen molar-refractivity contribution in [3.63, 3.8) is 0 Å². The third kappa shape index (κ3) is 1.73. The second kappa shape index (κ2) is 3.51. The van der Waals surface area contributed by atoms with Crippen LogP contribution in [0.3, 0.4) is 0 Å². The van der Waals surface area contributed by atoms with E-state index in [4.69, 9.17) is 5.73 Å². The molecule has 2 aliphatic rings. The highest BCUT2D eigenvalue weighted by Crippen LogP contribution is 2.42. The summed E-state index contributed by atoms with van der Waals surface area (Å²) in [5.74, 6) is 1.40. The SMILES string of the molecule is Nc1cc(C2CCCC2)cnc1C1CC1. The molecule has 0 spiro atoms. The monoisotopic (exact) mass is 202 g/mol. The summed E-state index contributed by atoms with van der Waals surface area (Å²) in [5.41, 5.74) is 9.52. The third-order valence-corrected chi connectivity index (χ3v) is 3.76. The number of anilines is 1. The van der Waals surface area contributed by atoms with Crippen LogP contribution in [0.2, 0.25) is 0 Å². The molecule has 15 heavy (non-hydrogen) atoms. The van der Waals surface area contributed by atoms with E-state index >= 15 is 0 Å². The lowest BCUT2D eigenvalue weighted by molar-refractivity contribution is 0.718. The summed E-state index contributed by atoms with van der Waals surface area (Å²) in [4.78, 5) is 4.56. The van der Waals surface area contributed by atoms with E-state index < -0.39 is 0 Å². The molecule has 3 rings (SSSR count). The van der Waals surface area contributed by atoms with E-state index in [1.54, 1.807) is 0 Å². The maximum Gasteiger partial charge on any atom is 0.0663 e. The Hall–Kier alpha value is -1.05. The minimum absolute atomic E-state index is 0.669. The zero-order valence-corrected chi connectivity index (χ0v) is 9.08. The topological polar surface area (TPSA) is 38.9 Å². The van der Waals surface area contributed by atoms with Gasteiger partial charge in [-0.25, -0.2) is 0 Å². The van der Waals surface area contributed by atoms with Crippen LogP contribution >= 0.6 is 0 Å². The molecular formula is C13H18N2. The van der Waals surface area contributed by atoms with E-state index in [0.29, 0.717) is 5.92 Å². The molecule has 0 radical (unpaired) electrons. The first-order valence-corrected chi connectivity index (χ1v) is 6.10. The van der Waals surface area contributed by atoms with Crippen LogP contribution in [-0.2, 0) is 0 Å². The number of nitrogen functional groups attached to an aromatic ring is 1. The Balaban J connectivity index is 1.87. The third-order valence-electron chi connectivity index (χ3n) is 3.76. The minimum Gasteiger partial charge on any atom is -0.397 e. The second-order valence-corrected chi connectivity index (χ2v) is 5.00. The Morgan fingerprint density at radius 1 is 1.07 bits per heavy atom. The molecular weight excluding hydrogens is 184 g/mol. The first-order valence-electron chi connectivity index (χ1n) is 6.10. The van der Waals surface area contributed by atoms with Gasteiger partial charge in [0.2, 0.25) is 0 Å². The largest absolute Gasteiger partial charge is 0.397 e. The van der Waals surface area contributed by atoms with Crippen LogP contribution in [0.1, 0.15) is 61.6 Å². The van der Waals surface area contributed by atoms with E-state index in [1.165, 1.54) is 44.1 Å². The number of hydrogen-bond acceptors (Lipinski definition) is 2. The summed E-state index contributed by atoms with van der Waals surface area (Å²) in [7, 11) is 0. The highest BCUT2D eigenvalue weighted by Gasteiger charge is 2.27. The molecule has 1 aromatic rings. The van der Waals surface area contributed by atoms with Gasteiger partial charge in [-0.05, 0) is 43.2 Å². The summed E-state index contributed by atoms with van der Waals surface area (Å²) in [6.45, 7) is 0. The van der Waals surface area contributed by atoms with Crippen LogP contribution in [0.25, 0.3) is 0 Å². The smallest absolute Gasteiger partial charge is 0.0663 e. The molecule has 0 bridgehead atoms. The quantitative estimate of drug-likeness (QED) is 0.799. The van der Waals surface area contributed by atoms with Crippen LogP contribution in [0.4, 0.5) is 5.69 Å². The molecule has 2 heteroatoms. The van der Waals surface area contributed by atoms with Crippen LogP contribution in [0.5, 0.6) is 0 Å². The van der Waals surface area contributed by atoms with Gasteiger partial charge in [-0.15, -0.1) is 0 Å². The van der Waals surface area contributed by atoms with Gasteiger partial charge in [-0.2, -0.15) is 0 Å². The van der Waals surface area contributed by atoms with Crippen LogP contribution in [-0.4, -0.2) is 4.98 Å². The lowest BCUT2D eigenvalue weighted by atomic mass is 9.98. The van der Waals surface area contributed by atoms with E-state index in [9.17, 15) is 0 Å². The minimum atomic E-state index is 0.669. The maximum absolute atomic E-state index is 6.07. The lowest BCUT2D eigenvalue weighted by Gasteiger charge is -2.11. The molecule has 2 saturated carbocycles. The van der Waals surface area contributed by atoms with Crippen molar-refractivity contribution in [3.05, 3.63) is 23.5 Å². The molecule has 80 valence electrons. The van der Waals surface area contributed by atoms with Crippen molar-refractivity contribution in [2.24, 2.45) is 0 Å². The zero-order valence-electron chi connectivity index (χ0n) is 9.08. The number of hydrogen-bond donors (Lipinski definition) is 1. The molecule has 2 N–H and O–H groups in total. The fourth-order valence-electron chi connectivity index (χ4n) is 2.69. The number of pyridine rings is 1. The van der Waals surface area contributed by atoms with Gasteiger partial charge in [0.1, 0.15) is 0 Å². The van der Waals surface area contributed by atoms with Gasteiger partial charge in [-0.3, -0.25) is 4.98 Å². The molecule has 0 aromatic carbocycles. The number of nitrogens with two attached hydrogens (primary N) is 1. The summed E-state index contributed by atoms with van der Waals surface area (Å²) in [5, 5.41) is 0. The fraction of sp³-hybridized carbons (Fsp3) is 0.615. The standard InChI is InChI=1S/C13H18N2/c14-12-7-11(9-3-1-2-4-9)8-15-13(12)10-5-6-10/h7-10H,1-6,14H2. The molecule has 1 heterocycles. The molecule has 2 aliphatic carbocycles. The summed E-state index contributed by atoms with van der Waals surface area (Å²) < 4.78 is 0. The van der Waals surface area contributed by atoms with Crippen molar-refractivity contribution in [1.29, 1.82) is 0 Å². The number of aromatic nitrogens is 1. The predicted molar refractivity (Wildman–Crippen MR) is 61.8 cm³/mol. The van der Waals surface area contributed by atoms with Gasteiger partial charge in [0, 0.05) is 12.1 Å². The van der Waals surface area contributed by atoms with Gasteiger partial charge >= 0.3 is 0 Å². The van der Waals surface area contributed by atoms with Gasteiger partial charge in [-0.1, -0.05) is 12.8 Å². The lowest BCUT2D eigenvalue weighted by Crippen LogP contribution is -2.00. The normalized spacial score (nSPS) is 22.1.